The van der Waals surface area contributed by atoms with Gasteiger partial charge in [0.2, 0.25) is 17.6 Å². The predicted molar refractivity (Wildman–Crippen MR) is 163 cm³/mol. The minimum atomic E-state index is -1.83. The minimum absolute atomic E-state index is 0.0647. The Kier molecular flexibility index (Phi) is 9.34. The van der Waals surface area contributed by atoms with E-state index in [1.807, 2.05) is 42.5 Å². The van der Waals surface area contributed by atoms with Crippen LogP contribution in [0.2, 0.25) is 0 Å². The SMILES string of the molecule is O=C(N[C@H]1CCCCC/C=C\[C@@H]2C[C@@]2(C(O)C(=O)O)NC(=O)[C@@H]2C[C@@H](n3nnc(-c4ccccc4)n3)CN2C1=O)OC1CCCC1. The Morgan fingerprint density at radius 1 is 1.07 bits per heavy atom. The average Bonchev–Trinajstić information content (AvgIpc) is 3.53. The summed E-state index contributed by atoms with van der Waals surface area (Å²) in [5.41, 5.74) is -0.626. The number of carbonyl (C=O) groups is 4. The van der Waals surface area contributed by atoms with Gasteiger partial charge in [0.05, 0.1) is 11.6 Å². The molecule has 246 valence electrons. The molecule has 14 nitrogen and oxygen atoms in total. The quantitative estimate of drug-likeness (QED) is 0.343. The summed E-state index contributed by atoms with van der Waals surface area (Å²) in [6, 6.07) is 6.81. The maximum absolute atomic E-state index is 14.3. The summed E-state index contributed by atoms with van der Waals surface area (Å²) in [7, 11) is 0. The van der Waals surface area contributed by atoms with Crippen molar-refractivity contribution in [2.45, 2.75) is 107 Å². The van der Waals surface area contributed by atoms with Crippen molar-refractivity contribution in [1.82, 2.24) is 35.7 Å². The number of amides is 3. The van der Waals surface area contributed by atoms with Crippen LogP contribution in [0.5, 0.6) is 0 Å². The zero-order valence-electron chi connectivity index (χ0n) is 25.7. The third kappa shape index (κ3) is 6.76. The van der Waals surface area contributed by atoms with Crippen molar-refractivity contribution >= 4 is 23.9 Å². The number of nitrogens with one attached hydrogen (secondary N) is 2. The third-order valence-electron chi connectivity index (χ3n) is 9.69. The molecule has 6 rings (SSSR count). The fourth-order valence-electron chi connectivity index (χ4n) is 7.00. The first-order chi connectivity index (χ1) is 22.2. The van der Waals surface area contributed by atoms with Crippen LogP contribution >= 0.6 is 0 Å². The summed E-state index contributed by atoms with van der Waals surface area (Å²) in [6.07, 6.45) is 8.47. The van der Waals surface area contributed by atoms with Gasteiger partial charge >= 0.3 is 12.1 Å². The fraction of sp³-hybridized carbons (Fsp3) is 0.594. The highest BCUT2D eigenvalue weighted by atomic mass is 16.6. The zero-order valence-corrected chi connectivity index (χ0v) is 25.7. The number of aliphatic carboxylic acids is 1. The molecule has 1 aromatic carbocycles. The molecule has 2 aliphatic carbocycles. The van der Waals surface area contributed by atoms with Crippen molar-refractivity contribution in [3.63, 3.8) is 0 Å². The number of alkyl carbamates (subject to hydrolysis) is 1. The summed E-state index contributed by atoms with van der Waals surface area (Å²) < 4.78 is 5.61. The normalized spacial score (nSPS) is 30.2. The maximum Gasteiger partial charge on any atom is 0.408 e. The van der Waals surface area contributed by atoms with Crippen molar-refractivity contribution < 1.29 is 34.1 Å². The van der Waals surface area contributed by atoms with Gasteiger partial charge in [0.15, 0.2) is 6.10 Å². The van der Waals surface area contributed by atoms with Gasteiger partial charge in [-0.2, -0.15) is 4.80 Å². The van der Waals surface area contributed by atoms with Crippen LogP contribution in [0.1, 0.15) is 76.7 Å². The molecule has 2 aliphatic heterocycles. The largest absolute Gasteiger partial charge is 0.479 e. The number of aromatic nitrogens is 4. The minimum Gasteiger partial charge on any atom is -0.479 e. The second-order valence-corrected chi connectivity index (χ2v) is 12.9. The van der Waals surface area contributed by atoms with Crippen LogP contribution in [0.25, 0.3) is 11.4 Å². The first-order valence-corrected chi connectivity index (χ1v) is 16.3. The first kappa shape index (κ1) is 31.6. The van der Waals surface area contributed by atoms with Crippen molar-refractivity contribution in [3.8, 4) is 11.4 Å². The van der Waals surface area contributed by atoms with E-state index in [0.29, 0.717) is 18.7 Å². The number of carbonyl (C=O) groups excluding carboxylic acids is 3. The van der Waals surface area contributed by atoms with E-state index in [-0.39, 0.29) is 31.4 Å². The lowest BCUT2D eigenvalue weighted by Crippen LogP contribution is -2.58. The number of aliphatic hydroxyl groups is 1. The zero-order chi connectivity index (χ0) is 32.3. The van der Waals surface area contributed by atoms with Crippen molar-refractivity contribution in [1.29, 1.82) is 0 Å². The van der Waals surface area contributed by atoms with E-state index in [1.54, 1.807) is 0 Å². The maximum atomic E-state index is 14.3. The predicted octanol–water partition coefficient (Wildman–Crippen LogP) is 2.36. The summed E-state index contributed by atoms with van der Waals surface area (Å²) in [6.45, 7) is 0.0647. The van der Waals surface area contributed by atoms with Gasteiger partial charge in [-0.1, -0.05) is 55.3 Å². The molecule has 0 radical (unpaired) electrons. The van der Waals surface area contributed by atoms with Crippen LogP contribution in [0.4, 0.5) is 4.79 Å². The van der Waals surface area contributed by atoms with Crippen LogP contribution in [0, 0.1) is 5.92 Å². The van der Waals surface area contributed by atoms with Gasteiger partial charge in [0.1, 0.15) is 18.2 Å². The van der Waals surface area contributed by atoms with E-state index in [2.05, 4.69) is 26.0 Å². The van der Waals surface area contributed by atoms with Crippen LogP contribution in [-0.2, 0) is 19.1 Å². The molecule has 4 N–H and O–H groups in total. The highest BCUT2D eigenvalue weighted by Crippen LogP contribution is 2.48. The van der Waals surface area contributed by atoms with Gasteiger partial charge in [-0.25, -0.2) is 9.59 Å². The molecule has 4 aliphatic rings. The average molecular weight is 636 g/mol. The van der Waals surface area contributed by atoms with Crippen LogP contribution in [0.3, 0.4) is 0 Å². The number of ether oxygens (including phenoxy) is 1. The lowest BCUT2D eigenvalue weighted by molar-refractivity contribution is -0.150. The summed E-state index contributed by atoms with van der Waals surface area (Å²) >= 11 is 0. The van der Waals surface area contributed by atoms with E-state index in [9.17, 15) is 29.4 Å². The number of hydrogen-bond donors (Lipinski definition) is 4. The van der Waals surface area contributed by atoms with E-state index < -0.39 is 53.6 Å². The molecule has 1 aromatic heterocycles. The Morgan fingerprint density at radius 3 is 2.59 bits per heavy atom. The van der Waals surface area contributed by atoms with Crippen molar-refractivity contribution in [3.05, 3.63) is 42.5 Å². The summed E-state index contributed by atoms with van der Waals surface area (Å²) in [5, 5.41) is 38.9. The highest BCUT2D eigenvalue weighted by molar-refractivity contribution is 5.93. The number of benzene rings is 1. The first-order valence-electron chi connectivity index (χ1n) is 16.3. The Balaban J connectivity index is 1.28. The number of nitrogens with zero attached hydrogens (tertiary/aromatic N) is 5. The molecule has 2 saturated carbocycles. The molecule has 3 fully saturated rings. The number of fused-ring (bicyclic) bond motifs is 2. The summed E-state index contributed by atoms with van der Waals surface area (Å²) in [4.78, 5) is 55.9. The number of carboxylic acids is 1. The van der Waals surface area contributed by atoms with Crippen molar-refractivity contribution in [2.75, 3.05) is 6.54 Å². The molecular weight excluding hydrogens is 594 g/mol. The Bertz CT molecular complexity index is 1460. The number of carboxylic acid groups (broad SMARTS) is 1. The van der Waals surface area contributed by atoms with Gasteiger partial charge in [0.25, 0.3) is 0 Å². The standard InChI is InChI=1S/C32H41N7O7/c40-26(30(43)44)32-18-21(32)13-7-2-1-3-8-16-24(33-31(45)46-23-14-9-10-15-23)29(42)38-19-22(17-25(38)28(41)34-32)39-36-27(35-37-39)20-11-5-4-6-12-20/h4-7,11-13,21-26,40H,1-3,8-10,14-19H2,(H,33,45)(H,34,41)(H,43,44)/b13-7-/t21-,22-,24+,25+,26?,32-/m1/s1. The highest BCUT2D eigenvalue weighted by Gasteiger charge is 2.62. The number of tetrazole rings is 1. The Morgan fingerprint density at radius 2 is 1.83 bits per heavy atom. The van der Waals surface area contributed by atoms with Crippen molar-refractivity contribution in [2.24, 2.45) is 5.92 Å². The number of allylic oxidation sites excluding steroid dienone is 1. The van der Waals surface area contributed by atoms with E-state index >= 15 is 0 Å². The van der Waals surface area contributed by atoms with Gasteiger partial charge in [-0.05, 0) is 56.6 Å². The molecule has 3 heterocycles. The monoisotopic (exact) mass is 635 g/mol. The third-order valence-corrected chi connectivity index (χ3v) is 9.69. The second-order valence-electron chi connectivity index (χ2n) is 12.9. The van der Waals surface area contributed by atoms with E-state index in [4.69, 9.17) is 4.74 Å². The molecule has 46 heavy (non-hydrogen) atoms. The molecular formula is C32H41N7O7. The van der Waals surface area contributed by atoms with E-state index in [0.717, 1.165) is 50.5 Å². The Hall–Kier alpha value is -4.33. The molecule has 2 aromatic rings. The van der Waals surface area contributed by atoms with Gasteiger partial charge in [-0.15, -0.1) is 10.2 Å². The smallest absolute Gasteiger partial charge is 0.408 e. The number of rotatable bonds is 6. The number of aliphatic hydroxyl groups excluding tert-OH is 1. The lowest BCUT2D eigenvalue weighted by atomic mass is 10.0. The van der Waals surface area contributed by atoms with Gasteiger partial charge in [-0.3, -0.25) is 9.59 Å². The van der Waals surface area contributed by atoms with Gasteiger partial charge < -0.3 is 30.5 Å². The van der Waals surface area contributed by atoms with Crippen LogP contribution in [-0.4, -0.2) is 95.6 Å². The molecule has 1 unspecified atom stereocenters. The molecule has 6 atom stereocenters. The molecule has 0 bridgehead atoms. The number of hydrogen-bond acceptors (Lipinski definition) is 9. The fourth-order valence-corrected chi connectivity index (χ4v) is 7.00. The summed E-state index contributed by atoms with van der Waals surface area (Å²) in [5.74, 6) is -2.43. The Labute approximate surface area is 266 Å². The molecule has 0 spiro atoms. The molecule has 14 heteroatoms. The topological polar surface area (TPSA) is 189 Å². The molecule has 1 saturated heterocycles. The second kappa shape index (κ2) is 13.6. The van der Waals surface area contributed by atoms with Crippen LogP contribution in [0.15, 0.2) is 42.5 Å². The lowest BCUT2D eigenvalue weighted by Gasteiger charge is -2.30. The van der Waals surface area contributed by atoms with E-state index in [1.165, 1.54) is 9.70 Å². The van der Waals surface area contributed by atoms with Crippen LogP contribution < -0.4 is 10.6 Å². The molecule has 3 amide bonds. The van der Waals surface area contributed by atoms with Gasteiger partial charge in [0, 0.05) is 24.4 Å².